The minimum absolute atomic E-state index is 0.431. The van der Waals surface area contributed by atoms with E-state index in [1.54, 1.807) is 43.4 Å². The fourth-order valence-electron chi connectivity index (χ4n) is 7.07. The number of pyridine rings is 2. The fourth-order valence-corrected chi connectivity index (χ4v) is 7.64. The fraction of sp³-hybridized carbons (Fsp3) is 0.565. The van der Waals surface area contributed by atoms with E-state index in [4.69, 9.17) is 4.84 Å². The third-order valence-corrected chi connectivity index (χ3v) is 12.7. The molecule has 85 heavy (non-hydrogen) atoms. The van der Waals surface area contributed by atoms with Crippen molar-refractivity contribution < 1.29 is 9.68 Å². The lowest BCUT2D eigenvalue weighted by molar-refractivity contribution is 0.159. The Hall–Kier alpha value is -6.68. The first-order valence-corrected chi connectivity index (χ1v) is 31.4. The first-order valence-electron chi connectivity index (χ1n) is 30.5. The Morgan fingerprint density at radius 3 is 1.54 bits per heavy atom. The van der Waals surface area contributed by atoms with E-state index in [1.807, 2.05) is 120 Å². The summed E-state index contributed by atoms with van der Waals surface area (Å²) < 4.78 is 1.93. The van der Waals surface area contributed by atoms with Crippen LogP contribution in [0.4, 0.5) is 0 Å². The van der Waals surface area contributed by atoms with Crippen molar-refractivity contribution in [1.29, 1.82) is 0 Å². The van der Waals surface area contributed by atoms with Crippen LogP contribution in [0.1, 0.15) is 213 Å². The van der Waals surface area contributed by atoms with Gasteiger partial charge in [-0.05, 0) is 142 Å². The molecule has 7 heterocycles. The summed E-state index contributed by atoms with van der Waals surface area (Å²) in [6, 6.07) is 14.4. The van der Waals surface area contributed by atoms with Crippen LogP contribution in [0.15, 0.2) is 126 Å². The van der Waals surface area contributed by atoms with Crippen molar-refractivity contribution in [2.24, 2.45) is 52.9 Å². The molecule has 470 valence electrons. The number of hydrogen-bond acceptors (Lipinski definition) is 15. The Bertz CT molecular complexity index is 2600. The van der Waals surface area contributed by atoms with Gasteiger partial charge in [-0.25, -0.2) is 24.9 Å². The number of nitrogens with zero attached hydrogens (tertiary/aromatic N) is 13. The van der Waals surface area contributed by atoms with Gasteiger partial charge >= 0.3 is 0 Å². The van der Waals surface area contributed by atoms with Crippen LogP contribution in [0.5, 0.6) is 0 Å². The number of aromatic nitrogens is 11. The van der Waals surface area contributed by atoms with Crippen molar-refractivity contribution in [2.45, 2.75) is 201 Å². The molecule has 0 bridgehead atoms. The molecule has 16 heteroatoms. The highest BCUT2D eigenvalue weighted by Gasteiger charge is 2.47. The molecule has 15 nitrogen and oxygen atoms in total. The van der Waals surface area contributed by atoms with E-state index in [2.05, 4.69) is 206 Å². The van der Waals surface area contributed by atoms with Gasteiger partial charge in [-0.2, -0.15) is 5.10 Å². The Kier molecular flexibility index (Phi) is 42.9. The van der Waals surface area contributed by atoms with Crippen LogP contribution in [0, 0.1) is 49.4 Å². The lowest BCUT2D eigenvalue weighted by Crippen LogP contribution is -2.15. The van der Waals surface area contributed by atoms with E-state index >= 15 is 0 Å². The normalized spacial score (nSPS) is 11.8. The lowest BCUT2D eigenvalue weighted by atomic mass is 9.89. The van der Waals surface area contributed by atoms with Crippen molar-refractivity contribution in [1.82, 2.24) is 54.6 Å². The highest BCUT2D eigenvalue weighted by Crippen LogP contribution is 2.52. The minimum Gasteiger partial charge on any atom is -0.399 e. The molecule has 0 spiro atoms. The van der Waals surface area contributed by atoms with Gasteiger partial charge in [0.25, 0.3) is 0 Å². The van der Waals surface area contributed by atoms with Crippen LogP contribution in [0.3, 0.4) is 0 Å². The van der Waals surface area contributed by atoms with Crippen molar-refractivity contribution in [2.75, 3.05) is 13.7 Å². The Labute approximate surface area is 519 Å². The molecule has 0 aliphatic heterocycles. The molecular weight excluding hydrogens is 1070 g/mol. The third kappa shape index (κ3) is 40.3. The molecule has 0 atom stereocenters. The number of oxime groups is 2. The van der Waals surface area contributed by atoms with E-state index in [0.29, 0.717) is 47.5 Å². The quantitative estimate of drug-likeness (QED) is 0.0662. The average molecular weight is 1190 g/mol. The molecule has 7 aromatic heterocycles. The van der Waals surface area contributed by atoms with E-state index in [0.717, 1.165) is 59.8 Å². The second kappa shape index (κ2) is 46.6. The van der Waals surface area contributed by atoms with Crippen molar-refractivity contribution in [3.8, 4) is 0 Å². The van der Waals surface area contributed by atoms with Crippen LogP contribution >= 0.6 is 11.3 Å². The Morgan fingerprint density at radius 1 is 0.588 bits per heavy atom. The van der Waals surface area contributed by atoms with E-state index in [-0.39, 0.29) is 0 Å². The van der Waals surface area contributed by atoms with Gasteiger partial charge < -0.3 is 9.68 Å². The van der Waals surface area contributed by atoms with Gasteiger partial charge in [-0.3, -0.25) is 24.6 Å². The highest BCUT2D eigenvalue weighted by molar-refractivity contribution is 7.07. The predicted molar refractivity (Wildman–Crippen MR) is 358 cm³/mol. The maximum atomic E-state index is 4.71. The Balaban J connectivity index is 0.000000938. The minimum atomic E-state index is 0.431. The molecule has 1 aliphatic rings. The molecule has 0 radical (unpaired) electrons. The maximum absolute atomic E-state index is 4.71. The summed E-state index contributed by atoms with van der Waals surface area (Å²) in [6.07, 6.45) is 27.7. The standard InChI is InChI=1S/C11H15N.C9H13N.2C8H12N2.C8H14N2.C7H10N2.C7H11NS.C6H13NO.C5H11NO/c1-9(2)11(6-7-11)10-5-3-4-8-12-10;1-8(2)7-9-5-3-4-6-10-9;1-6(2)8-5-9-7(3)4-10-8;1-6(2)8-9-4-7(3)5-10-8;1-7(2)6-8-4-5-9-10(8)3;1-6(2)7-3-8-5-9-4-7;1-6(2)3-7-4-9-5-8-7;1-4-8-7-5-6(2)3;1-5(2)4-6-7-3/h3-5,8-9H,6-7H2,1-2H3;3-6,8H,7H2,1-2H3;2*4-6H,1-3H3;4-5,7H,6H2,1-3H3;3-6H,1-2H3;4-6H,3H2,1-2H3;5-6H,4H2,1-3H3;4-5H,1-3H3/b;;;;;;;7-5-;. The largest absolute Gasteiger partial charge is 0.399 e. The van der Waals surface area contributed by atoms with Gasteiger partial charge in [0, 0.05) is 109 Å². The first-order chi connectivity index (χ1) is 40.3. The molecule has 0 N–H and O–H groups in total. The van der Waals surface area contributed by atoms with Crippen LogP contribution in [-0.4, -0.2) is 80.8 Å². The first kappa shape index (κ1) is 78.3. The molecule has 1 saturated carbocycles. The van der Waals surface area contributed by atoms with Gasteiger partial charge in [0.2, 0.25) is 0 Å². The number of hydrogen-bond donors (Lipinski definition) is 0. The summed E-state index contributed by atoms with van der Waals surface area (Å²) in [5.41, 5.74) is 11.7. The highest BCUT2D eigenvalue weighted by atomic mass is 32.1. The molecule has 0 aromatic carbocycles. The van der Waals surface area contributed by atoms with Crippen LogP contribution in [-0.2, 0) is 41.4 Å². The van der Waals surface area contributed by atoms with Gasteiger partial charge in [0.05, 0.1) is 22.6 Å². The molecular formula is C69H111N13O2S. The number of aryl methyl sites for hydroxylation is 3. The molecule has 7 aromatic rings. The summed E-state index contributed by atoms with van der Waals surface area (Å²) in [6.45, 7) is 45.2. The maximum Gasteiger partial charge on any atom is 0.130 e. The van der Waals surface area contributed by atoms with Crippen LogP contribution in [0.25, 0.3) is 0 Å². The summed E-state index contributed by atoms with van der Waals surface area (Å²) in [5.74, 6) is 6.22. The van der Waals surface area contributed by atoms with Gasteiger partial charge in [-0.1, -0.05) is 147 Å². The molecule has 0 saturated heterocycles. The molecule has 8 rings (SSSR count). The zero-order valence-electron chi connectivity index (χ0n) is 56.6. The third-order valence-electron chi connectivity index (χ3n) is 12.0. The van der Waals surface area contributed by atoms with Gasteiger partial charge in [0.1, 0.15) is 25.9 Å². The van der Waals surface area contributed by atoms with Crippen molar-refractivity contribution in [3.05, 3.63) is 167 Å². The van der Waals surface area contributed by atoms with Crippen LogP contribution in [0.2, 0.25) is 0 Å². The second-order valence-corrected chi connectivity index (χ2v) is 24.7. The summed E-state index contributed by atoms with van der Waals surface area (Å²) in [5, 5.41) is 13.4. The second-order valence-electron chi connectivity index (χ2n) is 24.0. The van der Waals surface area contributed by atoms with E-state index in [1.165, 1.54) is 41.2 Å². The smallest absolute Gasteiger partial charge is 0.130 e. The SMILES string of the molecule is CC(C)C1(c2ccccn2)CC1.CC(C)Cc1ccccn1.CC(C)Cc1ccnn1C.CC(C)Cc1cscn1.CC(C)c1cncnc1.CCO/N=C\C(C)C.CON=CC(C)C.Cc1cnc(C(C)C)cn1.Cc1cnc(C(C)C)nc1. The molecule has 1 aliphatic carbocycles. The zero-order chi connectivity index (χ0) is 64.2. The summed E-state index contributed by atoms with van der Waals surface area (Å²) >= 11 is 1.67. The predicted octanol–water partition coefficient (Wildman–Crippen LogP) is 17.4. The zero-order valence-corrected chi connectivity index (χ0v) is 57.4. The summed E-state index contributed by atoms with van der Waals surface area (Å²) in [4.78, 5) is 46.4. The van der Waals surface area contributed by atoms with Gasteiger partial charge in [0.15, 0.2) is 0 Å². The van der Waals surface area contributed by atoms with E-state index < -0.39 is 0 Å². The topological polar surface area (TPSA) is 177 Å². The summed E-state index contributed by atoms with van der Waals surface area (Å²) in [7, 11) is 3.52. The van der Waals surface area contributed by atoms with E-state index in [9.17, 15) is 0 Å². The molecule has 1 fully saturated rings. The number of rotatable bonds is 16. The molecule has 0 unspecified atom stereocenters. The van der Waals surface area contributed by atoms with Crippen LogP contribution < -0.4 is 0 Å². The number of thiazole rings is 1. The monoisotopic (exact) mass is 1190 g/mol. The van der Waals surface area contributed by atoms with Crippen molar-refractivity contribution in [3.63, 3.8) is 0 Å². The van der Waals surface area contributed by atoms with Gasteiger partial charge in [-0.15, -0.1) is 11.3 Å². The molecule has 0 amide bonds. The van der Waals surface area contributed by atoms with Crippen molar-refractivity contribution >= 4 is 23.8 Å². The average Bonchev–Trinajstić information content (AvgIpc) is 4.17. The lowest BCUT2D eigenvalue weighted by Gasteiger charge is -2.18. The Morgan fingerprint density at radius 2 is 1.16 bits per heavy atom.